The number of nitrogens with zero attached hydrogens (tertiary/aromatic N) is 3. The second-order valence-electron chi connectivity index (χ2n) is 7.80. The van der Waals surface area contributed by atoms with Crippen LogP contribution in [-0.4, -0.2) is 46.3 Å². The maximum atomic E-state index is 13.0. The van der Waals surface area contributed by atoms with E-state index in [1.807, 2.05) is 16.9 Å². The van der Waals surface area contributed by atoms with Crippen molar-refractivity contribution in [3.63, 3.8) is 0 Å². The van der Waals surface area contributed by atoms with Crippen molar-refractivity contribution in [2.75, 3.05) is 19.6 Å². The molecule has 2 aliphatic rings. The van der Waals surface area contributed by atoms with Gasteiger partial charge in [-0.3, -0.25) is 9.48 Å². The second-order valence-corrected chi connectivity index (χ2v) is 7.80. The first-order valence-corrected chi connectivity index (χ1v) is 9.72. The maximum absolute atomic E-state index is 13.0. The third kappa shape index (κ3) is 5.20. The summed E-state index contributed by atoms with van der Waals surface area (Å²) < 4.78 is 1.99. The average Bonchev–Trinajstić information content (AvgIpc) is 3.10. The van der Waals surface area contributed by atoms with Gasteiger partial charge in [0.15, 0.2) is 0 Å². The molecule has 5 nitrogen and oxygen atoms in total. The Morgan fingerprint density at radius 2 is 2.16 bits per heavy atom. The lowest BCUT2D eigenvalue weighted by Gasteiger charge is -2.36. The Hall–Kier alpha value is -1.07. The zero-order valence-electron chi connectivity index (χ0n) is 15.6. The predicted octanol–water partition coefficient (Wildman–Crippen LogP) is 3.66. The van der Waals surface area contributed by atoms with Gasteiger partial charge >= 0.3 is 0 Å². The van der Waals surface area contributed by atoms with E-state index in [-0.39, 0.29) is 18.3 Å². The van der Waals surface area contributed by atoms with Crippen molar-refractivity contribution in [2.24, 2.45) is 5.92 Å². The second kappa shape index (κ2) is 9.58. The first kappa shape index (κ1) is 20.2. The summed E-state index contributed by atoms with van der Waals surface area (Å²) in [5.41, 5.74) is 0.622. The lowest BCUT2D eigenvalue weighted by Crippen LogP contribution is -2.44. The highest BCUT2D eigenvalue weighted by Crippen LogP contribution is 2.24. The van der Waals surface area contributed by atoms with Gasteiger partial charge in [-0.1, -0.05) is 13.8 Å². The summed E-state index contributed by atoms with van der Waals surface area (Å²) in [4.78, 5) is 15.1. The normalized spacial score (nSPS) is 24.2. The van der Waals surface area contributed by atoms with E-state index in [1.54, 1.807) is 0 Å². The van der Waals surface area contributed by atoms with E-state index in [1.165, 1.54) is 19.3 Å². The van der Waals surface area contributed by atoms with Crippen LogP contribution in [0.25, 0.3) is 0 Å². The molecule has 1 aromatic rings. The topological polar surface area (TPSA) is 50.2 Å². The van der Waals surface area contributed by atoms with Gasteiger partial charge in [-0.15, -0.1) is 12.4 Å². The largest absolute Gasteiger partial charge is 0.334 e. The zero-order valence-corrected chi connectivity index (χ0v) is 16.4. The molecule has 6 heteroatoms. The maximum Gasteiger partial charge on any atom is 0.274 e. The van der Waals surface area contributed by atoms with E-state index >= 15 is 0 Å². The van der Waals surface area contributed by atoms with E-state index in [9.17, 15) is 4.79 Å². The van der Waals surface area contributed by atoms with Crippen LogP contribution in [0.1, 0.15) is 75.3 Å². The lowest BCUT2D eigenvalue weighted by molar-refractivity contribution is 0.0586. The van der Waals surface area contributed by atoms with Crippen LogP contribution in [0.4, 0.5) is 0 Å². The van der Waals surface area contributed by atoms with Crippen LogP contribution in [0.2, 0.25) is 0 Å². The van der Waals surface area contributed by atoms with Gasteiger partial charge in [-0.2, -0.15) is 5.10 Å². The summed E-state index contributed by atoms with van der Waals surface area (Å²) in [5, 5.41) is 8.04. The van der Waals surface area contributed by atoms with Crippen LogP contribution < -0.4 is 5.32 Å². The molecule has 0 radical (unpaired) electrons. The number of likely N-dealkylation sites (tertiary alicyclic amines) is 1. The molecule has 0 aliphatic carbocycles. The summed E-state index contributed by atoms with van der Waals surface area (Å²) in [6.07, 6.45) is 10.1. The van der Waals surface area contributed by atoms with E-state index in [0.717, 1.165) is 45.3 Å². The summed E-state index contributed by atoms with van der Waals surface area (Å²) in [7, 11) is 0. The highest BCUT2D eigenvalue weighted by Gasteiger charge is 2.29. The minimum atomic E-state index is 0. The predicted molar refractivity (Wildman–Crippen MR) is 103 cm³/mol. The van der Waals surface area contributed by atoms with E-state index in [2.05, 4.69) is 29.2 Å². The third-order valence-corrected chi connectivity index (χ3v) is 5.44. The number of rotatable bonds is 5. The Morgan fingerprint density at radius 3 is 2.88 bits per heavy atom. The molecule has 0 aromatic carbocycles. The fraction of sp³-hybridized carbons (Fsp3) is 0.789. The van der Waals surface area contributed by atoms with Gasteiger partial charge in [0.1, 0.15) is 5.69 Å². The molecule has 1 amide bonds. The number of nitrogens with one attached hydrogen (secondary N) is 1. The van der Waals surface area contributed by atoms with Crippen LogP contribution in [0.3, 0.4) is 0 Å². The number of hydrogen-bond acceptors (Lipinski definition) is 3. The number of carbonyl (C=O) groups is 1. The van der Waals surface area contributed by atoms with E-state index in [0.29, 0.717) is 23.7 Å². The monoisotopic (exact) mass is 368 g/mol. The summed E-state index contributed by atoms with van der Waals surface area (Å²) in [5.74, 6) is 0.827. The van der Waals surface area contributed by atoms with Crippen molar-refractivity contribution in [1.82, 2.24) is 20.0 Å². The smallest absolute Gasteiger partial charge is 0.274 e. The zero-order chi connectivity index (χ0) is 16.9. The number of aromatic nitrogens is 2. The van der Waals surface area contributed by atoms with Crippen molar-refractivity contribution in [1.29, 1.82) is 0 Å². The molecule has 1 aromatic heterocycles. The first-order chi connectivity index (χ1) is 11.6. The Labute approximate surface area is 157 Å². The Kier molecular flexibility index (Phi) is 7.76. The average molecular weight is 369 g/mol. The molecule has 2 saturated heterocycles. The third-order valence-electron chi connectivity index (χ3n) is 5.44. The van der Waals surface area contributed by atoms with Gasteiger partial charge in [0.2, 0.25) is 0 Å². The van der Waals surface area contributed by atoms with Crippen LogP contribution in [0.15, 0.2) is 12.3 Å². The van der Waals surface area contributed by atoms with Crippen molar-refractivity contribution in [3.05, 3.63) is 18.0 Å². The number of piperidine rings is 2. The number of halogens is 1. The molecule has 1 N–H and O–H groups in total. The van der Waals surface area contributed by atoms with Gasteiger partial charge in [-0.25, -0.2) is 0 Å². The Bertz CT molecular complexity index is 539. The number of hydrogen-bond donors (Lipinski definition) is 1. The Balaban J connectivity index is 0.00000225. The molecule has 2 unspecified atom stereocenters. The molecule has 0 bridgehead atoms. The van der Waals surface area contributed by atoms with Crippen molar-refractivity contribution in [3.8, 4) is 0 Å². The molecule has 0 spiro atoms. The van der Waals surface area contributed by atoms with Crippen molar-refractivity contribution in [2.45, 2.75) is 70.9 Å². The van der Waals surface area contributed by atoms with E-state index in [4.69, 9.17) is 0 Å². The Morgan fingerprint density at radius 1 is 1.32 bits per heavy atom. The molecule has 142 valence electrons. The highest BCUT2D eigenvalue weighted by atomic mass is 35.5. The summed E-state index contributed by atoms with van der Waals surface area (Å²) >= 11 is 0. The molecule has 3 rings (SSSR count). The van der Waals surface area contributed by atoms with Gasteiger partial charge < -0.3 is 10.2 Å². The van der Waals surface area contributed by atoms with Gasteiger partial charge in [-0.05, 0) is 63.5 Å². The highest BCUT2D eigenvalue weighted by molar-refractivity contribution is 5.92. The summed E-state index contributed by atoms with van der Waals surface area (Å²) in [6, 6.07) is 2.69. The molecule has 2 aliphatic heterocycles. The first-order valence-electron chi connectivity index (χ1n) is 9.72. The molecule has 3 heterocycles. The van der Waals surface area contributed by atoms with E-state index < -0.39 is 0 Å². The standard InChI is InChI=1S/C19H32N4O.ClH/c1-15(2)8-9-16-6-3-4-12-22(16)19(24)18-10-13-23(21-18)17-7-5-11-20-14-17;/h10,13,15-17,20H,3-9,11-12,14H2,1-2H3;1H. The minimum Gasteiger partial charge on any atom is -0.334 e. The lowest BCUT2D eigenvalue weighted by atomic mass is 9.94. The van der Waals surface area contributed by atoms with Crippen LogP contribution >= 0.6 is 12.4 Å². The molecule has 0 saturated carbocycles. The SMILES string of the molecule is CC(C)CCC1CCCCN1C(=O)c1ccn(C2CCCNC2)n1.Cl. The van der Waals surface area contributed by atoms with Crippen LogP contribution in [0.5, 0.6) is 0 Å². The fourth-order valence-corrected chi connectivity index (χ4v) is 3.96. The van der Waals surface area contributed by atoms with Gasteiger partial charge in [0.25, 0.3) is 5.91 Å². The molecule has 2 fully saturated rings. The molecule has 2 atom stereocenters. The fourth-order valence-electron chi connectivity index (χ4n) is 3.96. The molecule has 25 heavy (non-hydrogen) atoms. The number of amides is 1. The van der Waals surface area contributed by atoms with Crippen molar-refractivity contribution >= 4 is 18.3 Å². The van der Waals surface area contributed by atoms with Crippen molar-refractivity contribution < 1.29 is 4.79 Å². The summed E-state index contributed by atoms with van der Waals surface area (Å²) in [6.45, 7) is 7.45. The molecular formula is C19H33ClN4O. The number of carbonyl (C=O) groups excluding carboxylic acids is 1. The van der Waals surface area contributed by atoms with Gasteiger partial charge in [0.05, 0.1) is 6.04 Å². The minimum absolute atomic E-state index is 0. The van der Waals surface area contributed by atoms with Crippen LogP contribution in [0, 0.1) is 5.92 Å². The quantitative estimate of drug-likeness (QED) is 0.862. The molecular weight excluding hydrogens is 336 g/mol. The van der Waals surface area contributed by atoms with Crippen LogP contribution in [-0.2, 0) is 0 Å². The van der Waals surface area contributed by atoms with Gasteiger partial charge in [0, 0.05) is 25.3 Å².